The van der Waals surface area contributed by atoms with Crippen molar-refractivity contribution in [1.82, 2.24) is 15.5 Å². The van der Waals surface area contributed by atoms with Gasteiger partial charge in [0, 0.05) is 49.6 Å². The van der Waals surface area contributed by atoms with Crippen LogP contribution in [0.15, 0.2) is 0 Å². The van der Waals surface area contributed by atoms with Gasteiger partial charge in [-0.15, -0.1) is 0 Å². The van der Waals surface area contributed by atoms with Gasteiger partial charge in [0.2, 0.25) is 17.7 Å². The van der Waals surface area contributed by atoms with Crippen molar-refractivity contribution in [2.24, 2.45) is 51.2 Å². The van der Waals surface area contributed by atoms with E-state index >= 15 is 0 Å². The van der Waals surface area contributed by atoms with E-state index in [0.29, 0.717) is 25.2 Å². The third kappa shape index (κ3) is 13.7. The van der Waals surface area contributed by atoms with Gasteiger partial charge in [0.05, 0.1) is 17.4 Å². The number of aliphatic carboxylic acids is 1. The van der Waals surface area contributed by atoms with Crippen molar-refractivity contribution < 1.29 is 38.7 Å². The first kappa shape index (κ1) is 51.0. The Bertz CT molecular complexity index is 1450. The zero-order valence-electron chi connectivity index (χ0n) is 38.8. The number of carbonyl (C=O) groups is 7. The van der Waals surface area contributed by atoms with E-state index in [9.17, 15) is 38.7 Å². The number of nitrogens with one attached hydrogen (secondary N) is 2. The fraction of sp³-hybridized carbons (Fsp3) is 0.851. The first-order valence-electron chi connectivity index (χ1n) is 22.3. The lowest BCUT2D eigenvalue weighted by Gasteiger charge is -2.37. The molecule has 332 valence electrons. The Morgan fingerprint density at radius 2 is 1.28 bits per heavy atom. The van der Waals surface area contributed by atoms with Crippen LogP contribution in [0.5, 0.6) is 0 Å². The Morgan fingerprint density at radius 3 is 1.72 bits per heavy atom. The quantitative estimate of drug-likeness (QED) is 0.110. The molecule has 11 nitrogen and oxygen atoms in total. The number of carboxylic acids is 1. The summed E-state index contributed by atoms with van der Waals surface area (Å²) in [5.74, 6) is -5.79. The molecule has 0 heterocycles. The molecular weight excluding hydrogens is 735 g/mol. The van der Waals surface area contributed by atoms with E-state index in [1.807, 2.05) is 69.2 Å². The van der Waals surface area contributed by atoms with Gasteiger partial charge in [0.15, 0.2) is 5.78 Å². The van der Waals surface area contributed by atoms with Crippen molar-refractivity contribution in [2.75, 3.05) is 7.05 Å². The summed E-state index contributed by atoms with van der Waals surface area (Å²) in [5, 5.41) is 16.7. The van der Waals surface area contributed by atoms with Gasteiger partial charge >= 0.3 is 5.97 Å². The molecule has 0 aromatic rings. The molecule has 11 heteroatoms. The monoisotopic (exact) mass is 816 g/mol. The highest BCUT2D eigenvalue weighted by Crippen LogP contribution is 2.47. The van der Waals surface area contributed by atoms with Crippen molar-refractivity contribution in [3.8, 4) is 0 Å². The zero-order valence-corrected chi connectivity index (χ0v) is 38.8. The van der Waals surface area contributed by atoms with Gasteiger partial charge in [0.1, 0.15) is 17.6 Å². The molecule has 0 bridgehead atoms. The van der Waals surface area contributed by atoms with Crippen LogP contribution in [0.25, 0.3) is 0 Å². The van der Waals surface area contributed by atoms with Gasteiger partial charge in [-0.1, -0.05) is 135 Å². The molecule has 0 saturated heterocycles. The predicted molar refractivity (Wildman–Crippen MR) is 229 cm³/mol. The van der Waals surface area contributed by atoms with Crippen LogP contribution in [0.1, 0.15) is 180 Å². The van der Waals surface area contributed by atoms with Crippen LogP contribution in [-0.4, -0.2) is 76.2 Å². The van der Waals surface area contributed by atoms with Crippen LogP contribution in [0.3, 0.4) is 0 Å². The maximum Gasteiger partial charge on any atom is 0.310 e. The maximum absolute atomic E-state index is 14.6. The van der Waals surface area contributed by atoms with Crippen molar-refractivity contribution in [3.63, 3.8) is 0 Å². The van der Waals surface area contributed by atoms with Gasteiger partial charge in [0.25, 0.3) is 0 Å². The van der Waals surface area contributed by atoms with Gasteiger partial charge in [-0.2, -0.15) is 0 Å². The summed E-state index contributed by atoms with van der Waals surface area (Å²) < 4.78 is 0. The molecule has 2 fully saturated rings. The van der Waals surface area contributed by atoms with Gasteiger partial charge in [-0.3, -0.25) is 33.6 Å². The fourth-order valence-corrected chi connectivity index (χ4v) is 9.46. The molecule has 0 aromatic carbocycles. The molecule has 2 saturated carbocycles. The van der Waals surface area contributed by atoms with Crippen LogP contribution in [-0.2, 0) is 33.6 Å². The van der Waals surface area contributed by atoms with Crippen LogP contribution in [0.4, 0.5) is 0 Å². The molecule has 0 radical (unpaired) electrons. The maximum atomic E-state index is 14.6. The van der Waals surface area contributed by atoms with E-state index in [1.54, 1.807) is 27.8 Å². The summed E-state index contributed by atoms with van der Waals surface area (Å²) in [6, 6.07) is -2.19. The molecule has 0 aliphatic heterocycles. The molecule has 6 atom stereocenters. The van der Waals surface area contributed by atoms with E-state index in [4.69, 9.17) is 0 Å². The second kappa shape index (κ2) is 20.9. The van der Waals surface area contributed by atoms with Crippen molar-refractivity contribution >= 4 is 41.0 Å². The summed E-state index contributed by atoms with van der Waals surface area (Å²) in [6.45, 7) is 24.2. The van der Waals surface area contributed by atoms with Gasteiger partial charge < -0.3 is 20.6 Å². The van der Waals surface area contributed by atoms with Crippen LogP contribution in [0, 0.1) is 51.2 Å². The summed E-state index contributed by atoms with van der Waals surface area (Å²) >= 11 is 0. The molecule has 0 spiro atoms. The highest BCUT2D eigenvalue weighted by molar-refractivity contribution is 5.99. The summed E-state index contributed by atoms with van der Waals surface area (Å²) in [7, 11) is 1.65. The topological polar surface area (TPSA) is 167 Å². The number of amides is 3. The summed E-state index contributed by atoms with van der Waals surface area (Å²) in [4.78, 5) is 99.4. The Hall–Kier alpha value is -3.11. The lowest BCUT2D eigenvalue weighted by Crippen LogP contribution is -2.58. The number of hydrogen-bond acceptors (Lipinski definition) is 7. The van der Waals surface area contributed by atoms with Gasteiger partial charge in [-0.05, 0) is 48.3 Å². The van der Waals surface area contributed by atoms with Crippen LogP contribution in [0.2, 0.25) is 0 Å². The van der Waals surface area contributed by atoms with Crippen molar-refractivity contribution in [3.05, 3.63) is 0 Å². The van der Waals surface area contributed by atoms with E-state index in [-0.39, 0.29) is 60.7 Å². The second-order valence-corrected chi connectivity index (χ2v) is 21.6. The number of nitrogens with zero attached hydrogens (tertiary/aromatic N) is 1. The Labute approximate surface area is 350 Å². The molecule has 2 aliphatic rings. The van der Waals surface area contributed by atoms with E-state index < -0.39 is 75.9 Å². The standard InChI is InChI=1S/C47H81N3O8/c1-15-36(44(5,6)7)48-40(54)33(47(43(57)58)23-19-20-24-47)28-34(51)32(27-37(53)45(8,9)10)26-35(52)39(46(11,12)13)49-41(55)38(29(2)3)50(14)42(56)30(4)25-31-21-17-16-18-22-31/h29-33,36,38-39H,15-28H2,1-14H3,(H,48,54)(H,49,55)(H,57,58)/t30-,32-,33+,36-,38+,39-/m1/s1. The second-order valence-electron chi connectivity index (χ2n) is 21.6. The number of likely N-dealkylation sites (N-methyl/N-ethyl adjacent to an activating group) is 1. The molecule has 0 aromatic heterocycles. The molecular formula is C47H81N3O8. The normalized spacial score (nSPS) is 19.6. The lowest BCUT2D eigenvalue weighted by molar-refractivity contribution is -0.158. The molecule has 2 rings (SSSR count). The summed E-state index contributed by atoms with van der Waals surface area (Å²) in [6.07, 6.45) is 7.81. The van der Waals surface area contributed by atoms with Crippen molar-refractivity contribution in [1.29, 1.82) is 0 Å². The van der Waals surface area contributed by atoms with Crippen LogP contribution >= 0.6 is 0 Å². The van der Waals surface area contributed by atoms with Crippen LogP contribution < -0.4 is 10.6 Å². The SMILES string of the molecule is CC[C@@H](NC(=O)[C@H](CC(=O)[C@H](CC(=O)[C@@H](NC(=O)[C@H](C(C)C)N(C)C(=O)[C@H](C)CC1CCCCC1)C(C)(C)C)CC(=O)C(C)(C)C)C1(C(=O)O)CCCC1)C(C)(C)C. The minimum atomic E-state index is -1.45. The van der Waals surface area contributed by atoms with Crippen molar-refractivity contribution in [2.45, 2.75) is 198 Å². The molecule has 0 unspecified atom stereocenters. The number of ketones is 3. The Morgan fingerprint density at radius 1 is 0.724 bits per heavy atom. The average Bonchev–Trinajstić information content (AvgIpc) is 3.61. The number of hydrogen-bond donors (Lipinski definition) is 3. The lowest BCUT2D eigenvalue weighted by atomic mass is 9.69. The Balaban J connectivity index is 2.48. The zero-order chi connectivity index (χ0) is 44.6. The number of carboxylic acid groups (broad SMARTS) is 1. The van der Waals surface area contributed by atoms with E-state index in [1.165, 1.54) is 24.2 Å². The largest absolute Gasteiger partial charge is 0.481 e. The molecule has 2 aliphatic carbocycles. The molecule has 3 amide bonds. The first-order chi connectivity index (χ1) is 26.6. The highest BCUT2D eigenvalue weighted by Gasteiger charge is 2.53. The molecule has 58 heavy (non-hydrogen) atoms. The fourth-order valence-electron chi connectivity index (χ4n) is 9.46. The predicted octanol–water partition coefficient (Wildman–Crippen LogP) is 8.35. The number of Topliss-reactive ketones (excluding diaryl/α,β-unsaturated/α-hetero) is 3. The minimum absolute atomic E-state index is 0.114. The number of rotatable bonds is 20. The smallest absolute Gasteiger partial charge is 0.310 e. The van der Waals surface area contributed by atoms with Gasteiger partial charge in [-0.25, -0.2) is 0 Å². The number of carbonyl (C=O) groups excluding carboxylic acids is 6. The highest BCUT2D eigenvalue weighted by atomic mass is 16.4. The third-order valence-corrected chi connectivity index (χ3v) is 13.2. The first-order valence-corrected chi connectivity index (χ1v) is 22.3. The Kier molecular flexibility index (Phi) is 18.4. The van der Waals surface area contributed by atoms with E-state index in [2.05, 4.69) is 10.6 Å². The third-order valence-electron chi connectivity index (χ3n) is 13.2. The summed E-state index contributed by atoms with van der Waals surface area (Å²) in [5.41, 5.74) is -3.42. The van der Waals surface area contributed by atoms with E-state index in [0.717, 1.165) is 19.3 Å². The average molecular weight is 816 g/mol. The molecule has 3 N–H and O–H groups in total. The minimum Gasteiger partial charge on any atom is -0.481 e.